The fraction of sp³-hybridized carbons (Fsp3) is 0.778. The summed E-state index contributed by atoms with van der Waals surface area (Å²) in [6, 6.07) is 0.452. The first kappa shape index (κ1) is 23.2. The smallest absolute Gasteiger partial charge is 0.191 e. The fourth-order valence-electron chi connectivity index (χ4n) is 3.06. The maximum absolute atomic E-state index is 5.48. The third-order valence-electron chi connectivity index (χ3n) is 4.46. The molecular formula is C18H35IN6O. The van der Waals surface area contributed by atoms with Crippen molar-refractivity contribution in [1.82, 2.24) is 25.3 Å². The van der Waals surface area contributed by atoms with Gasteiger partial charge in [0.1, 0.15) is 0 Å². The Balaban J connectivity index is 0.00000338. The van der Waals surface area contributed by atoms with Crippen molar-refractivity contribution < 1.29 is 4.74 Å². The van der Waals surface area contributed by atoms with Crippen molar-refractivity contribution in [1.29, 1.82) is 0 Å². The highest BCUT2D eigenvalue weighted by molar-refractivity contribution is 14.0. The summed E-state index contributed by atoms with van der Waals surface area (Å²) in [7, 11) is 0. The summed E-state index contributed by atoms with van der Waals surface area (Å²) in [6.45, 7) is 15.6. The average Bonchev–Trinajstić information content (AvgIpc) is 3.01. The van der Waals surface area contributed by atoms with Gasteiger partial charge in [0.2, 0.25) is 0 Å². The molecule has 0 aromatic carbocycles. The van der Waals surface area contributed by atoms with Crippen LogP contribution in [0.4, 0.5) is 0 Å². The highest BCUT2D eigenvalue weighted by Gasteiger charge is 2.23. The van der Waals surface area contributed by atoms with Crippen molar-refractivity contribution in [3.63, 3.8) is 0 Å². The van der Waals surface area contributed by atoms with Crippen molar-refractivity contribution in [3.8, 4) is 0 Å². The lowest BCUT2D eigenvalue weighted by molar-refractivity contribution is 0.00867. The van der Waals surface area contributed by atoms with Gasteiger partial charge < -0.3 is 15.4 Å². The monoisotopic (exact) mass is 478 g/mol. The highest BCUT2D eigenvalue weighted by Crippen LogP contribution is 2.13. The lowest BCUT2D eigenvalue weighted by Crippen LogP contribution is -2.48. The predicted octanol–water partition coefficient (Wildman–Crippen LogP) is 1.72. The van der Waals surface area contributed by atoms with Gasteiger partial charge in [0.05, 0.1) is 32.5 Å². The van der Waals surface area contributed by atoms with Crippen LogP contribution in [0.1, 0.15) is 26.3 Å². The summed E-state index contributed by atoms with van der Waals surface area (Å²) >= 11 is 0. The summed E-state index contributed by atoms with van der Waals surface area (Å²) in [6.07, 6.45) is 3.94. The van der Waals surface area contributed by atoms with E-state index < -0.39 is 0 Å². The van der Waals surface area contributed by atoms with Gasteiger partial charge in [-0.15, -0.1) is 24.0 Å². The van der Waals surface area contributed by atoms with Gasteiger partial charge in [-0.2, -0.15) is 5.10 Å². The number of hydrogen-bond donors (Lipinski definition) is 2. The SMILES string of the molecule is CCNC(=NCC(C(C)C)N1CCOCC1)NCCn1cc(C)cn1.I. The van der Waals surface area contributed by atoms with E-state index in [1.807, 2.05) is 10.9 Å². The number of guanidine groups is 1. The molecule has 2 heterocycles. The normalized spacial score (nSPS) is 17.0. The van der Waals surface area contributed by atoms with Crippen LogP contribution in [0, 0.1) is 12.8 Å². The molecule has 8 heteroatoms. The first-order chi connectivity index (χ1) is 12.1. The number of aromatic nitrogens is 2. The van der Waals surface area contributed by atoms with Gasteiger partial charge in [0, 0.05) is 38.4 Å². The zero-order valence-corrected chi connectivity index (χ0v) is 18.9. The molecule has 2 N–H and O–H groups in total. The van der Waals surface area contributed by atoms with Crippen LogP contribution >= 0.6 is 24.0 Å². The van der Waals surface area contributed by atoms with E-state index in [0.29, 0.717) is 12.0 Å². The van der Waals surface area contributed by atoms with E-state index >= 15 is 0 Å². The Bertz CT molecular complexity index is 528. The van der Waals surface area contributed by atoms with Crippen LogP contribution in [-0.2, 0) is 11.3 Å². The van der Waals surface area contributed by atoms with Gasteiger partial charge in [-0.25, -0.2) is 0 Å². The van der Waals surface area contributed by atoms with Gasteiger partial charge in [-0.3, -0.25) is 14.6 Å². The topological polar surface area (TPSA) is 66.7 Å². The first-order valence-corrected chi connectivity index (χ1v) is 9.43. The molecule has 26 heavy (non-hydrogen) atoms. The Hall–Kier alpha value is -0.870. The minimum Gasteiger partial charge on any atom is -0.379 e. The molecule has 0 amide bonds. The van der Waals surface area contributed by atoms with Gasteiger partial charge >= 0.3 is 0 Å². The van der Waals surface area contributed by atoms with Crippen LogP contribution in [0.5, 0.6) is 0 Å². The Morgan fingerprint density at radius 3 is 2.62 bits per heavy atom. The van der Waals surface area contributed by atoms with E-state index in [1.165, 1.54) is 5.56 Å². The van der Waals surface area contributed by atoms with E-state index in [1.54, 1.807) is 0 Å². The van der Waals surface area contributed by atoms with Gasteiger partial charge in [-0.05, 0) is 25.3 Å². The fourth-order valence-corrected chi connectivity index (χ4v) is 3.06. The van der Waals surface area contributed by atoms with E-state index in [2.05, 4.69) is 54.5 Å². The number of aryl methyl sites for hydroxylation is 1. The second-order valence-electron chi connectivity index (χ2n) is 6.89. The van der Waals surface area contributed by atoms with Crippen molar-refractivity contribution in [2.45, 2.75) is 40.3 Å². The Labute approximate surface area is 175 Å². The number of nitrogens with one attached hydrogen (secondary N) is 2. The quantitative estimate of drug-likeness (QED) is 0.339. The molecule has 1 atom stereocenters. The van der Waals surface area contributed by atoms with Crippen molar-refractivity contribution in [2.24, 2.45) is 10.9 Å². The molecule has 0 radical (unpaired) electrons. The maximum atomic E-state index is 5.48. The third kappa shape index (κ3) is 7.79. The summed E-state index contributed by atoms with van der Waals surface area (Å²) in [5, 5.41) is 11.1. The molecule has 0 saturated carbocycles. The second kappa shape index (κ2) is 12.5. The molecule has 2 rings (SSSR count). The standard InChI is InChI=1S/C18H34N6O.HI/c1-5-19-18(20-6-7-24-14-16(4)12-22-24)21-13-17(15(2)3)23-8-10-25-11-9-23;/h12,14-15,17H,5-11,13H2,1-4H3,(H2,19,20,21);1H. The summed E-state index contributed by atoms with van der Waals surface area (Å²) in [5.74, 6) is 1.45. The number of rotatable bonds is 8. The van der Waals surface area contributed by atoms with Crippen LogP contribution in [0.2, 0.25) is 0 Å². The predicted molar refractivity (Wildman–Crippen MR) is 117 cm³/mol. The Morgan fingerprint density at radius 1 is 1.31 bits per heavy atom. The van der Waals surface area contributed by atoms with Crippen molar-refractivity contribution in [3.05, 3.63) is 18.0 Å². The molecule has 1 saturated heterocycles. The van der Waals surface area contributed by atoms with E-state index in [4.69, 9.17) is 9.73 Å². The lowest BCUT2D eigenvalue weighted by atomic mass is 10.0. The lowest BCUT2D eigenvalue weighted by Gasteiger charge is -2.36. The number of aliphatic imine (C=N–C) groups is 1. The van der Waals surface area contributed by atoms with Crippen LogP contribution in [0.15, 0.2) is 17.4 Å². The van der Waals surface area contributed by atoms with Crippen LogP contribution in [0.3, 0.4) is 0 Å². The van der Waals surface area contributed by atoms with Crippen molar-refractivity contribution >= 4 is 29.9 Å². The number of hydrogen-bond acceptors (Lipinski definition) is 4. The summed E-state index contributed by atoms with van der Waals surface area (Å²) in [4.78, 5) is 7.34. The van der Waals surface area contributed by atoms with E-state index in [9.17, 15) is 0 Å². The molecule has 150 valence electrons. The van der Waals surface area contributed by atoms with E-state index in [0.717, 1.165) is 58.4 Å². The first-order valence-electron chi connectivity index (χ1n) is 9.43. The molecule has 1 unspecified atom stereocenters. The molecule has 7 nitrogen and oxygen atoms in total. The Kier molecular flexibility index (Phi) is 11.1. The van der Waals surface area contributed by atoms with Gasteiger partial charge in [-0.1, -0.05) is 13.8 Å². The molecule has 1 fully saturated rings. The minimum absolute atomic E-state index is 0. The molecule has 0 bridgehead atoms. The number of nitrogens with zero attached hydrogens (tertiary/aromatic N) is 4. The molecule has 0 spiro atoms. The third-order valence-corrected chi connectivity index (χ3v) is 4.46. The number of morpholine rings is 1. The molecule has 1 aromatic heterocycles. The number of halogens is 1. The summed E-state index contributed by atoms with van der Waals surface area (Å²) < 4.78 is 7.44. The maximum Gasteiger partial charge on any atom is 0.191 e. The average molecular weight is 478 g/mol. The molecule has 1 aliphatic heterocycles. The zero-order chi connectivity index (χ0) is 18.1. The van der Waals surface area contributed by atoms with Crippen LogP contribution in [-0.4, -0.2) is 72.6 Å². The number of ether oxygens (including phenoxy) is 1. The zero-order valence-electron chi connectivity index (χ0n) is 16.6. The van der Waals surface area contributed by atoms with E-state index in [-0.39, 0.29) is 24.0 Å². The largest absolute Gasteiger partial charge is 0.379 e. The minimum atomic E-state index is 0. The molecule has 1 aliphatic rings. The highest BCUT2D eigenvalue weighted by atomic mass is 127. The van der Waals surface area contributed by atoms with Crippen LogP contribution < -0.4 is 10.6 Å². The molecule has 0 aliphatic carbocycles. The Morgan fingerprint density at radius 2 is 2.04 bits per heavy atom. The molecule has 1 aromatic rings. The van der Waals surface area contributed by atoms with Gasteiger partial charge in [0.25, 0.3) is 0 Å². The molecular weight excluding hydrogens is 443 g/mol. The summed E-state index contributed by atoms with van der Waals surface area (Å²) in [5.41, 5.74) is 1.19. The van der Waals surface area contributed by atoms with Gasteiger partial charge in [0.15, 0.2) is 5.96 Å². The van der Waals surface area contributed by atoms with Crippen molar-refractivity contribution in [2.75, 3.05) is 45.9 Å². The second-order valence-corrected chi connectivity index (χ2v) is 6.89. The van der Waals surface area contributed by atoms with Crippen LogP contribution in [0.25, 0.3) is 0 Å².